The number of amides is 1. The van der Waals surface area contributed by atoms with Gasteiger partial charge in [0.25, 0.3) is 5.91 Å². The molecule has 0 aliphatic carbocycles. The summed E-state index contributed by atoms with van der Waals surface area (Å²) in [5.74, 6) is -1.64. The van der Waals surface area contributed by atoms with Gasteiger partial charge >= 0.3 is 5.97 Å². The summed E-state index contributed by atoms with van der Waals surface area (Å²) in [6, 6.07) is 2.87. The molecule has 0 radical (unpaired) electrons. The van der Waals surface area contributed by atoms with Crippen LogP contribution in [0.4, 0.5) is 0 Å². The van der Waals surface area contributed by atoms with Crippen molar-refractivity contribution in [2.45, 2.75) is 0 Å². The molecule has 0 fully saturated rings. The Kier molecular flexibility index (Phi) is 4.33. The van der Waals surface area contributed by atoms with Crippen LogP contribution in [0.1, 0.15) is 10.4 Å². The summed E-state index contributed by atoms with van der Waals surface area (Å²) in [5, 5.41) is 8.98. The van der Waals surface area contributed by atoms with E-state index < -0.39 is 11.9 Å². The van der Waals surface area contributed by atoms with Gasteiger partial charge in [0.1, 0.15) is 5.56 Å². The second-order valence-electron chi connectivity index (χ2n) is 3.04. The molecule has 0 bridgehead atoms. The SMILES string of the molecule is COc1c(OCC(N)=O)cc(Br)cc1C(=O)O. The molecule has 0 saturated carbocycles. The lowest BCUT2D eigenvalue weighted by Gasteiger charge is -2.12. The van der Waals surface area contributed by atoms with E-state index in [-0.39, 0.29) is 23.7 Å². The third-order valence-corrected chi connectivity index (χ3v) is 2.28. The van der Waals surface area contributed by atoms with Crippen LogP contribution in [0.5, 0.6) is 11.5 Å². The summed E-state index contributed by atoms with van der Waals surface area (Å²) >= 11 is 3.14. The number of halogens is 1. The van der Waals surface area contributed by atoms with Crippen molar-refractivity contribution in [1.29, 1.82) is 0 Å². The Bertz CT molecular complexity index is 460. The van der Waals surface area contributed by atoms with E-state index in [0.717, 1.165) is 0 Å². The molecule has 0 aliphatic rings. The lowest BCUT2D eigenvalue weighted by molar-refractivity contribution is -0.119. The van der Waals surface area contributed by atoms with Gasteiger partial charge in [0.2, 0.25) is 0 Å². The second kappa shape index (κ2) is 5.53. The van der Waals surface area contributed by atoms with Gasteiger partial charge in [0, 0.05) is 4.47 Å². The third kappa shape index (κ3) is 3.35. The Morgan fingerprint density at radius 3 is 2.59 bits per heavy atom. The van der Waals surface area contributed by atoms with Gasteiger partial charge in [-0.25, -0.2) is 4.79 Å². The topological polar surface area (TPSA) is 98.9 Å². The number of ether oxygens (including phenoxy) is 2. The predicted octanol–water partition coefficient (Wildman–Crippen LogP) is 1.02. The molecule has 0 saturated heterocycles. The number of carboxylic acid groups (broad SMARTS) is 1. The van der Waals surface area contributed by atoms with Gasteiger partial charge in [-0.2, -0.15) is 0 Å². The number of nitrogens with two attached hydrogens (primary N) is 1. The van der Waals surface area contributed by atoms with E-state index in [1.165, 1.54) is 19.2 Å². The number of carboxylic acids is 1. The number of primary amides is 1. The molecule has 92 valence electrons. The number of carbonyl (C=O) groups is 2. The van der Waals surface area contributed by atoms with Crippen LogP contribution in [0.15, 0.2) is 16.6 Å². The van der Waals surface area contributed by atoms with Gasteiger partial charge in [-0.15, -0.1) is 0 Å². The predicted molar refractivity (Wildman–Crippen MR) is 62.3 cm³/mol. The van der Waals surface area contributed by atoms with E-state index in [4.69, 9.17) is 20.3 Å². The van der Waals surface area contributed by atoms with Gasteiger partial charge in [0.05, 0.1) is 7.11 Å². The van der Waals surface area contributed by atoms with Gasteiger partial charge in [-0.05, 0) is 12.1 Å². The monoisotopic (exact) mass is 303 g/mol. The number of aromatic carboxylic acids is 1. The van der Waals surface area contributed by atoms with Crippen molar-refractivity contribution in [1.82, 2.24) is 0 Å². The van der Waals surface area contributed by atoms with Crippen LogP contribution in [0.3, 0.4) is 0 Å². The number of hydrogen-bond acceptors (Lipinski definition) is 4. The zero-order valence-corrected chi connectivity index (χ0v) is 10.5. The summed E-state index contributed by atoms with van der Waals surface area (Å²) in [5.41, 5.74) is 4.87. The molecule has 7 heteroatoms. The van der Waals surface area contributed by atoms with Crippen molar-refractivity contribution in [3.8, 4) is 11.5 Å². The Morgan fingerprint density at radius 1 is 1.47 bits per heavy atom. The summed E-state index contributed by atoms with van der Waals surface area (Å²) in [7, 11) is 1.31. The highest BCUT2D eigenvalue weighted by molar-refractivity contribution is 9.10. The maximum atomic E-state index is 11.0. The van der Waals surface area contributed by atoms with Gasteiger partial charge < -0.3 is 20.3 Å². The Labute approximate surface area is 105 Å². The van der Waals surface area contributed by atoms with Crippen LogP contribution in [0.2, 0.25) is 0 Å². The van der Waals surface area contributed by atoms with Gasteiger partial charge in [0.15, 0.2) is 18.1 Å². The molecule has 0 aromatic heterocycles. The number of rotatable bonds is 5. The highest BCUT2D eigenvalue weighted by Crippen LogP contribution is 2.34. The minimum atomic E-state index is -1.16. The van der Waals surface area contributed by atoms with Crippen molar-refractivity contribution in [2.75, 3.05) is 13.7 Å². The zero-order chi connectivity index (χ0) is 13.0. The first-order valence-electron chi connectivity index (χ1n) is 4.47. The molecule has 3 N–H and O–H groups in total. The average Bonchev–Trinajstić information content (AvgIpc) is 2.25. The largest absolute Gasteiger partial charge is 0.492 e. The van der Waals surface area contributed by atoms with Crippen LogP contribution in [0, 0.1) is 0 Å². The van der Waals surface area contributed by atoms with Crippen LogP contribution >= 0.6 is 15.9 Å². The molecule has 0 unspecified atom stereocenters. The highest BCUT2D eigenvalue weighted by Gasteiger charge is 2.18. The molecule has 1 aromatic rings. The van der Waals surface area contributed by atoms with Gasteiger partial charge in [-0.3, -0.25) is 4.79 Å². The number of methoxy groups -OCH3 is 1. The van der Waals surface area contributed by atoms with Crippen LogP contribution in [0.25, 0.3) is 0 Å². The first-order valence-corrected chi connectivity index (χ1v) is 5.27. The average molecular weight is 304 g/mol. The molecule has 1 aromatic carbocycles. The minimum absolute atomic E-state index is 0.0435. The molecule has 17 heavy (non-hydrogen) atoms. The molecule has 0 atom stereocenters. The van der Waals surface area contributed by atoms with E-state index in [2.05, 4.69) is 15.9 Å². The zero-order valence-electron chi connectivity index (χ0n) is 8.90. The maximum absolute atomic E-state index is 11.0. The fourth-order valence-electron chi connectivity index (χ4n) is 1.19. The normalized spacial score (nSPS) is 9.76. The smallest absolute Gasteiger partial charge is 0.339 e. The number of carbonyl (C=O) groups excluding carboxylic acids is 1. The van der Waals surface area contributed by atoms with Gasteiger partial charge in [-0.1, -0.05) is 15.9 Å². The van der Waals surface area contributed by atoms with Crippen molar-refractivity contribution in [3.05, 3.63) is 22.2 Å². The summed E-state index contributed by atoms with van der Waals surface area (Å²) in [6.45, 7) is -0.355. The van der Waals surface area contributed by atoms with E-state index in [1.807, 2.05) is 0 Å². The first-order chi connectivity index (χ1) is 7.95. The van der Waals surface area contributed by atoms with E-state index in [1.54, 1.807) is 0 Å². The molecule has 1 amide bonds. The number of benzene rings is 1. The third-order valence-electron chi connectivity index (χ3n) is 1.82. The van der Waals surface area contributed by atoms with Crippen molar-refractivity contribution in [2.24, 2.45) is 5.73 Å². The molecule has 0 aliphatic heterocycles. The first kappa shape index (κ1) is 13.3. The Morgan fingerprint density at radius 2 is 2.12 bits per heavy atom. The Hall–Kier alpha value is -1.76. The van der Waals surface area contributed by atoms with Crippen LogP contribution in [-0.2, 0) is 4.79 Å². The minimum Gasteiger partial charge on any atom is -0.492 e. The van der Waals surface area contributed by atoms with E-state index in [9.17, 15) is 9.59 Å². The molecular weight excluding hydrogens is 294 g/mol. The molecule has 0 heterocycles. The molecule has 0 spiro atoms. The fraction of sp³-hybridized carbons (Fsp3) is 0.200. The maximum Gasteiger partial charge on any atom is 0.339 e. The second-order valence-corrected chi connectivity index (χ2v) is 3.96. The van der Waals surface area contributed by atoms with Crippen LogP contribution < -0.4 is 15.2 Å². The summed E-state index contributed by atoms with van der Waals surface area (Å²) in [4.78, 5) is 21.6. The van der Waals surface area contributed by atoms with E-state index in [0.29, 0.717) is 4.47 Å². The summed E-state index contributed by atoms with van der Waals surface area (Å²) < 4.78 is 10.5. The van der Waals surface area contributed by atoms with Crippen LogP contribution in [-0.4, -0.2) is 30.7 Å². The van der Waals surface area contributed by atoms with Crippen molar-refractivity contribution >= 4 is 27.8 Å². The molecular formula is C10H10BrNO5. The van der Waals surface area contributed by atoms with E-state index >= 15 is 0 Å². The molecule has 1 rings (SSSR count). The lowest BCUT2D eigenvalue weighted by atomic mass is 10.2. The quantitative estimate of drug-likeness (QED) is 0.846. The summed E-state index contributed by atoms with van der Waals surface area (Å²) in [6.07, 6.45) is 0. The van der Waals surface area contributed by atoms with Crippen molar-refractivity contribution < 1.29 is 24.2 Å². The lowest BCUT2D eigenvalue weighted by Crippen LogP contribution is -2.20. The highest BCUT2D eigenvalue weighted by atomic mass is 79.9. The number of hydrogen-bond donors (Lipinski definition) is 2. The molecule has 6 nitrogen and oxygen atoms in total. The standard InChI is InChI=1S/C10H10BrNO5/c1-16-9-6(10(14)15)2-5(11)3-7(9)17-4-8(12)13/h2-3H,4H2,1H3,(H2,12,13)(H,14,15). The Balaban J connectivity index is 3.18. The van der Waals surface area contributed by atoms with Crippen molar-refractivity contribution in [3.63, 3.8) is 0 Å². The fourth-order valence-corrected chi connectivity index (χ4v) is 1.63.